The highest BCUT2D eigenvalue weighted by atomic mass is 16.5. The number of hydrogen-bond donors (Lipinski definition) is 0. The van der Waals surface area contributed by atoms with Crippen molar-refractivity contribution in [3.63, 3.8) is 0 Å². The Morgan fingerprint density at radius 3 is 2.47 bits per heavy atom. The van der Waals surface area contributed by atoms with E-state index in [1.54, 1.807) is 19.1 Å². The van der Waals surface area contributed by atoms with Gasteiger partial charge in [-0.1, -0.05) is 12.1 Å². The van der Waals surface area contributed by atoms with Gasteiger partial charge in [-0.3, -0.25) is 4.79 Å². The number of likely N-dealkylation sites (N-methyl/N-ethyl adjacent to an activating group) is 1. The lowest BCUT2D eigenvalue weighted by Crippen LogP contribution is -2.46. The molecule has 2 fully saturated rings. The molecule has 10 nitrogen and oxygen atoms in total. The Kier molecular flexibility index (Phi) is 8.01. The van der Waals surface area contributed by atoms with Gasteiger partial charge in [0.1, 0.15) is 5.82 Å². The van der Waals surface area contributed by atoms with Gasteiger partial charge in [0.15, 0.2) is 5.65 Å². The van der Waals surface area contributed by atoms with Crippen LogP contribution in [0.5, 0.6) is 0 Å². The minimum atomic E-state index is -0.0563. The van der Waals surface area contributed by atoms with Crippen LogP contribution in [0.4, 0.5) is 11.8 Å². The van der Waals surface area contributed by atoms with Crippen LogP contribution in [0.1, 0.15) is 24.2 Å². The van der Waals surface area contributed by atoms with Crippen molar-refractivity contribution in [3.05, 3.63) is 42.0 Å². The molecule has 5 rings (SSSR count). The van der Waals surface area contributed by atoms with E-state index >= 15 is 0 Å². The number of methoxy groups -OCH3 is 1. The molecule has 0 spiro atoms. The average Bonchev–Trinajstić information content (AvgIpc) is 2.95. The molecule has 0 radical (unpaired) electrons. The molecular formula is C28H36N6O4. The predicted molar refractivity (Wildman–Crippen MR) is 147 cm³/mol. The van der Waals surface area contributed by atoms with Crippen LogP contribution in [0.25, 0.3) is 22.3 Å². The largest absolute Gasteiger partial charge is 0.383 e. The Morgan fingerprint density at radius 1 is 1.03 bits per heavy atom. The number of amides is 1. The average molecular weight is 521 g/mol. The van der Waals surface area contributed by atoms with Gasteiger partial charge in [0, 0.05) is 44.9 Å². The molecule has 1 aromatic carbocycles. The second kappa shape index (κ2) is 11.6. The predicted octanol–water partition coefficient (Wildman–Crippen LogP) is 2.86. The van der Waals surface area contributed by atoms with Crippen LogP contribution in [0.2, 0.25) is 0 Å². The number of pyridine rings is 1. The van der Waals surface area contributed by atoms with E-state index in [0.717, 1.165) is 35.6 Å². The molecule has 3 aromatic rings. The Morgan fingerprint density at radius 2 is 1.76 bits per heavy atom. The monoisotopic (exact) mass is 520 g/mol. The van der Waals surface area contributed by atoms with Crippen molar-refractivity contribution < 1.29 is 19.0 Å². The van der Waals surface area contributed by atoms with Gasteiger partial charge in [-0.15, -0.1) is 0 Å². The van der Waals surface area contributed by atoms with E-state index in [-0.39, 0.29) is 18.0 Å². The molecule has 202 valence electrons. The summed E-state index contributed by atoms with van der Waals surface area (Å²) in [4.78, 5) is 34.1. The topological polar surface area (TPSA) is 93.2 Å². The van der Waals surface area contributed by atoms with E-state index in [4.69, 9.17) is 29.2 Å². The summed E-state index contributed by atoms with van der Waals surface area (Å²) in [6.07, 6.45) is 0. The van der Waals surface area contributed by atoms with Gasteiger partial charge in [-0.05, 0) is 38.1 Å². The fourth-order valence-electron chi connectivity index (χ4n) is 4.92. The highest BCUT2D eigenvalue weighted by Crippen LogP contribution is 2.31. The van der Waals surface area contributed by atoms with Gasteiger partial charge in [-0.2, -0.15) is 9.97 Å². The number of aromatic nitrogens is 3. The number of anilines is 2. The number of hydrogen-bond acceptors (Lipinski definition) is 9. The van der Waals surface area contributed by atoms with Crippen molar-refractivity contribution in [3.8, 4) is 11.3 Å². The van der Waals surface area contributed by atoms with E-state index in [9.17, 15) is 4.79 Å². The maximum atomic E-state index is 12.9. The standard InChI is InChI=1S/C28H36N6O4/c1-19-17-37-14-11-33(19)26-23-8-9-24(21-6-5-7-22(16-21)27(35)32(3)10-13-36-4)29-25(23)30-28(31-26)34-12-15-38-18-20(34)2/h5-9,16,19-20H,10-15,17-18H2,1-4H3/t19-,20-/m0/s1. The van der Waals surface area contributed by atoms with E-state index in [1.807, 2.05) is 36.4 Å². The van der Waals surface area contributed by atoms with Gasteiger partial charge < -0.3 is 28.9 Å². The molecule has 10 heteroatoms. The zero-order valence-electron chi connectivity index (χ0n) is 22.6. The third-order valence-electron chi connectivity index (χ3n) is 7.17. The molecule has 0 saturated carbocycles. The summed E-state index contributed by atoms with van der Waals surface area (Å²) >= 11 is 0. The van der Waals surface area contributed by atoms with Crippen LogP contribution in [0.15, 0.2) is 36.4 Å². The minimum absolute atomic E-state index is 0.0563. The van der Waals surface area contributed by atoms with Crippen molar-refractivity contribution in [1.82, 2.24) is 19.9 Å². The summed E-state index contributed by atoms with van der Waals surface area (Å²) in [5, 5.41) is 0.902. The van der Waals surface area contributed by atoms with Gasteiger partial charge in [-0.25, -0.2) is 4.98 Å². The van der Waals surface area contributed by atoms with Crippen molar-refractivity contribution in [2.24, 2.45) is 0 Å². The lowest BCUT2D eigenvalue weighted by atomic mass is 10.1. The SMILES string of the molecule is COCCN(C)C(=O)c1cccc(-c2ccc3c(N4CCOC[C@@H]4C)nc(N4CCOC[C@@H]4C)nc3n2)c1. The first-order valence-electron chi connectivity index (χ1n) is 13.2. The molecule has 38 heavy (non-hydrogen) atoms. The maximum absolute atomic E-state index is 12.9. The molecule has 1 amide bonds. The van der Waals surface area contributed by atoms with Crippen LogP contribution in [0, 0.1) is 0 Å². The molecule has 2 aliphatic rings. The highest BCUT2D eigenvalue weighted by molar-refractivity contribution is 5.95. The first-order valence-corrected chi connectivity index (χ1v) is 13.2. The third kappa shape index (κ3) is 5.43. The number of rotatable bonds is 7. The Balaban J connectivity index is 1.55. The molecule has 2 aliphatic heterocycles. The summed E-state index contributed by atoms with van der Waals surface area (Å²) in [6, 6.07) is 11.9. The van der Waals surface area contributed by atoms with E-state index in [1.165, 1.54) is 0 Å². The van der Waals surface area contributed by atoms with Crippen molar-refractivity contribution >= 4 is 28.7 Å². The van der Waals surface area contributed by atoms with Gasteiger partial charge in [0.05, 0.1) is 56.2 Å². The maximum Gasteiger partial charge on any atom is 0.253 e. The zero-order chi connectivity index (χ0) is 26.6. The second-order valence-corrected chi connectivity index (χ2v) is 9.95. The van der Waals surface area contributed by atoms with Crippen LogP contribution in [0.3, 0.4) is 0 Å². The summed E-state index contributed by atoms with van der Waals surface area (Å²) in [5.74, 6) is 1.48. The van der Waals surface area contributed by atoms with Gasteiger partial charge in [0.25, 0.3) is 5.91 Å². The number of morpholine rings is 2. The molecule has 2 atom stereocenters. The van der Waals surface area contributed by atoms with Crippen molar-refractivity contribution in [1.29, 1.82) is 0 Å². The number of nitrogens with zero attached hydrogens (tertiary/aromatic N) is 6. The van der Waals surface area contributed by atoms with Crippen LogP contribution >= 0.6 is 0 Å². The molecule has 2 aromatic heterocycles. The van der Waals surface area contributed by atoms with Crippen LogP contribution in [-0.4, -0.2) is 105 Å². The van der Waals surface area contributed by atoms with Crippen molar-refractivity contribution in [2.45, 2.75) is 25.9 Å². The van der Waals surface area contributed by atoms with Gasteiger partial charge in [0.2, 0.25) is 5.95 Å². The lowest BCUT2D eigenvalue weighted by Gasteiger charge is -2.37. The fraction of sp³-hybridized carbons (Fsp3) is 0.500. The fourth-order valence-corrected chi connectivity index (χ4v) is 4.92. The van der Waals surface area contributed by atoms with E-state index < -0.39 is 0 Å². The quantitative estimate of drug-likeness (QED) is 0.466. The summed E-state index contributed by atoms with van der Waals surface area (Å²) in [6.45, 7) is 9.36. The lowest BCUT2D eigenvalue weighted by molar-refractivity contribution is 0.0744. The molecule has 4 heterocycles. The normalized spacial score (nSPS) is 20.1. The van der Waals surface area contributed by atoms with E-state index in [0.29, 0.717) is 56.7 Å². The number of benzene rings is 1. The third-order valence-corrected chi connectivity index (χ3v) is 7.17. The number of fused-ring (bicyclic) bond motifs is 1. The Hall–Kier alpha value is -3.34. The minimum Gasteiger partial charge on any atom is -0.383 e. The molecule has 0 unspecified atom stereocenters. The summed E-state index contributed by atoms with van der Waals surface area (Å²) < 4.78 is 16.5. The smallest absolute Gasteiger partial charge is 0.253 e. The summed E-state index contributed by atoms with van der Waals surface area (Å²) in [5.41, 5.74) is 2.86. The number of ether oxygens (including phenoxy) is 3. The summed E-state index contributed by atoms with van der Waals surface area (Å²) in [7, 11) is 3.41. The van der Waals surface area contributed by atoms with Crippen molar-refractivity contribution in [2.75, 3.05) is 76.6 Å². The van der Waals surface area contributed by atoms with Crippen LogP contribution < -0.4 is 9.80 Å². The zero-order valence-corrected chi connectivity index (χ0v) is 22.6. The molecule has 0 aliphatic carbocycles. The Labute approximate surface area is 223 Å². The van der Waals surface area contributed by atoms with Gasteiger partial charge >= 0.3 is 0 Å². The highest BCUT2D eigenvalue weighted by Gasteiger charge is 2.27. The molecule has 2 saturated heterocycles. The molecule has 0 N–H and O–H groups in total. The second-order valence-electron chi connectivity index (χ2n) is 9.95. The van der Waals surface area contributed by atoms with E-state index in [2.05, 4.69) is 23.6 Å². The Bertz CT molecular complexity index is 1290. The first-order chi connectivity index (χ1) is 18.5. The number of carbonyl (C=O) groups is 1. The number of carbonyl (C=O) groups excluding carboxylic acids is 1. The van der Waals surface area contributed by atoms with Crippen LogP contribution in [-0.2, 0) is 14.2 Å². The molecule has 0 bridgehead atoms. The molecular weight excluding hydrogens is 484 g/mol. The first kappa shape index (κ1) is 26.3.